The van der Waals surface area contributed by atoms with Crippen LogP contribution in [0.3, 0.4) is 0 Å². The van der Waals surface area contributed by atoms with Crippen LogP contribution in [-0.4, -0.2) is 13.1 Å². The second-order valence-electron chi connectivity index (χ2n) is 0.911. The fourth-order valence-corrected chi connectivity index (χ4v) is 0.137. The van der Waals surface area contributed by atoms with E-state index in [-0.39, 0.29) is 13.8 Å². The maximum atomic E-state index is 9.97. The molecule has 0 heterocycles. The van der Waals surface area contributed by atoms with Crippen LogP contribution in [0.4, 0.5) is 0 Å². The zero-order chi connectivity index (χ0) is 5.70. The number of ether oxygens (including phenoxy) is 1. The van der Waals surface area contributed by atoms with Gasteiger partial charge in [0.2, 0.25) is 0 Å². The molecule has 0 N–H and O–H groups in total. The standard InChI is InChI=1S/C4H5NO2.CH4/c1-7-4(6)2-3-5;/h2H2,1H3;1H4. The molecule has 0 aromatic heterocycles. The van der Waals surface area contributed by atoms with Crippen LogP contribution in [0.15, 0.2) is 0 Å². The van der Waals surface area contributed by atoms with Gasteiger partial charge in [-0.2, -0.15) is 5.26 Å². The summed E-state index contributed by atoms with van der Waals surface area (Å²) in [4.78, 5) is 9.97. The fraction of sp³-hybridized carbons (Fsp3) is 0.600. The van der Waals surface area contributed by atoms with Gasteiger partial charge in [-0.25, -0.2) is 0 Å². The number of nitriles is 1. The lowest BCUT2D eigenvalue weighted by Crippen LogP contribution is -1.96. The van der Waals surface area contributed by atoms with Gasteiger partial charge in [0.1, 0.15) is 6.42 Å². The topological polar surface area (TPSA) is 50.1 Å². The smallest absolute Gasteiger partial charge is 0.319 e. The molecule has 0 radical (unpaired) electrons. The molecule has 0 aromatic rings. The van der Waals surface area contributed by atoms with Crippen molar-refractivity contribution >= 4 is 5.97 Å². The van der Waals surface area contributed by atoms with E-state index < -0.39 is 5.97 Å². The maximum Gasteiger partial charge on any atom is 0.319 e. The van der Waals surface area contributed by atoms with Gasteiger partial charge in [0.15, 0.2) is 0 Å². The zero-order valence-electron chi connectivity index (χ0n) is 3.97. The van der Waals surface area contributed by atoms with Crippen molar-refractivity contribution in [3.63, 3.8) is 0 Å². The van der Waals surface area contributed by atoms with Crippen LogP contribution in [0.2, 0.25) is 0 Å². The molecule has 0 aromatic carbocycles. The Hall–Kier alpha value is -1.04. The molecule has 0 aliphatic heterocycles. The van der Waals surface area contributed by atoms with Gasteiger partial charge in [-0.3, -0.25) is 4.79 Å². The molecular formula is C5H9NO2. The lowest BCUT2D eigenvalue weighted by atomic mass is 10.5. The Morgan fingerprint density at radius 1 is 1.88 bits per heavy atom. The van der Waals surface area contributed by atoms with Gasteiger partial charge in [0, 0.05) is 0 Å². The summed E-state index contributed by atoms with van der Waals surface area (Å²) in [6.07, 6.45) is -0.156. The predicted octanol–water partition coefficient (Wildman–Crippen LogP) is 0.709. The Morgan fingerprint density at radius 2 is 2.38 bits per heavy atom. The van der Waals surface area contributed by atoms with Gasteiger partial charge in [-0.15, -0.1) is 0 Å². The van der Waals surface area contributed by atoms with Gasteiger partial charge in [-0.1, -0.05) is 7.43 Å². The Kier molecular flexibility index (Phi) is 7.49. The highest BCUT2D eigenvalue weighted by molar-refractivity contribution is 5.71. The van der Waals surface area contributed by atoms with Crippen molar-refractivity contribution in [2.24, 2.45) is 0 Å². The summed E-state index contributed by atoms with van der Waals surface area (Å²) < 4.78 is 4.13. The van der Waals surface area contributed by atoms with Crippen LogP contribution in [0, 0.1) is 11.3 Å². The second-order valence-corrected chi connectivity index (χ2v) is 0.911. The normalized spacial score (nSPS) is 6.00. The molecule has 0 bridgehead atoms. The average molecular weight is 115 g/mol. The first-order chi connectivity index (χ1) is 3.31. The average Bonchev–Trinajstić information content (AvgIpc) is 1.68. The Labute approximate surface area is 48.9 Å². The molecule has 46 valence electrons. The van der Waals surface area contributed by atoms with Crippen LogP contribution in [-0.2, 0) is 9.53 Å². The lowest BCUT2D eigenvalue weighted by molar-refractivity contribution is -0.139. The van der Waals surface area contributed by atoms with Crippen molar-refractivity contribution < 1.29 is 9.53 Å². The number of hydrogen-bond acceptors (Lipinski definition) is 3. The summed E-state index contributed by atoms with van der Waals surface area (Å²) in [5, 5.41) is 7.82. The number of rotatable bonds is 1. The number of methoxy groups -OCH3 is 1. The van der Waals surface area contributed by atoms with Crippen LogP contribution in [0.5, 0.6) is 0 Å². The van der Waals surface area contributed by atoms with Crippen molar-refractivity contribution in [1.82, 2.24) is 0 Å². The van der Waals surface area contributed by atoms with Crippen molar-refractivity contribution in [1.29, 1.82) is 5.26 Å². The predicted molar refractivity (Wildman–Crippen MR) is 29.0 cm³/mol. The van der Waals surface area contributed by atoms with Crippen molar-refractivity contribution in [3.8, 4) is 6.07 Å². The fourth-order valence-electron chi connectivity index (χ4n) is 0.137. The summed E-state index contributed by atoms with van der Waals surface area (Å²) in [6.45, 7) is 0. The first-order valence-corrected chi connectivity index (χ1v) is 1.75. The minimum atomic E-state index is -0.484. The summed E-state index contributed by atoms with van der Waals surface area (Å²) in [5.41, 5.74) is 0. The van der Waals surface area contributed by atoms with E-state index in [1.165, 1.54) is 7.11 Å². The Bertz CT molecular complexity index is 103. The number of hydrogen-bond donors (Lipinski definition) is 0. The Balaban J connectivity index is 0. The van der Waals surface area contributed by atoms with Crippen LogP contribution >= 0.6 is 0 Å². The first-order valence-electron chi connectivity index (χ1n) is 1.75. The van der Waals surface area contributed by atoms with Gasteiger partial charge in [0.05, 0.1) is 13.2 Å². The summed E-state index contributed by atoms with van der Waals surface area (Å²) in [5.74, 6) is -0.484. The van der Waals surface area contributed by atoms with E-state index in [1.807, 2.05) is 0 Å². The van der Waals surface area contributed by atoms with E-state index in [0.717, 1.165) is 0 Å². The molecule has 8 heavy (non-hydrogen) atoms. The molecule has 0 rings (SSSR count). The number of esters is 1. The lowest BCUT2D eigenvalue weighted by Gasteiger charge is -1.85. The number of carbonyl (C=O) groups excluding carboxylic acids is 1. The molecule has 0 aliphatic carbocycles. The number of nitrogens with zero attached hydrogens (tertiary/aromatic N) is 1. The van der Waals surface area contributed by atoms with Crippen LogP contribution < -0.4 is 0 Å². The molecule has 3 heteroatoms. The highest BCUT2D eigenvalue weighted by Gasteiger charge is 1.93. The highest BCUT2D eigenvalue weighted by Crippen LogP contribution is 1.76. The van der Waals surface area contributed by atoms with Crippen molar-refractivity contribution in [2.75, 3.05) is 7.11 Å². The molecule has 0 saturated carbocycles. The van der Waals surface area contributed by atoms with Crippen LogP contribution in [0.1, 0.15) is 13.8 Å². The molecule has 0 amide bonds. The van der Waals surface area contributed by atoms with Crippen molar-refractivity contribution in [3.05, 3.63) is 0 Å². The molecule has 0 atom stereocenters. The molecule has 0 saturated heterocycles. The van der Waals surface area contributed by atoms with E-state index in [0.29, 0.717) is 0 Å². The SMILES string of the molecule is C.COC(=O)CC#N. The first kappa shape index (κ1) is 10.0. The molecule has 0 spiro atoms. The maximum absolute atomic E-state index is 9.97. The minimum Gasteiger partial charge on any atom is -0.468 e. The Morgan fingerprint density at radius 3 is 2.50 bits per heavy atom. The van der Waals surface area contributed by atoms with E-state index in [9.17, 15) is 4.79 Å². The molecule has 0 unspecified atom stereocenters. The molecule has 0 fully saturated rings. The minimum absolute atomic E-state index is 0. The van der Waals surface area contributed by atoms with Gasteiger partial charge in [-0.05, 0) is 0 Å². The van der Waals surface area contributed by atoms with E-state index in [1.54, 1.807) is 6.07 Å². The largest absolute Gasteiger partial charge is 0.468 e. The third-order valence-corrected chi connectivity index (χ3v) is 0.451. The molecule has 3 nitrogen and oxygen atoms in total. The molecular weight excluding hydrogens is 106 g/mol. The quantitative estimate of drug-likeness (QED) is 0.473. The van der Waals surface area contributed by atoms with Gasteiger partial charge in [0.25, 0.3) is 0 Å². The summed E-state index contributed by atoms with van der Waals surface area (Å²) in [7, 11) is 1.25. The number of carbonyl (C=O) groups is 1. The summed E-state index contributed by atoms with van der Waals surface area (Å²) in [6, 6.07) is 1.64. The third kappa shape index (κ3) is 4.96. The van der Waals surface area contributed by atoms with E-state index >= 15 is 0 Å². The van der Waals surface area contributed by atoms with Gasteiger partial charge >= 0.3 is 5.97 Å². The second kappa shape index (κ2) is 5.96. The summed E-state index contributed by atoms with van der Waals surface area (Å²) >= 11 is 0. The molecule has 0 aliphatic rings. The zero-order valence-corrected chi connectivity index (χ0v) is 3.97. The van der Waals surface area contributed by atoms with Gasteiger partial charge < -0.3 is 4.74 Å². The third-order valence-electron chi connectivity index (χ3n) is 0.451. The van der Waals surface area contributed by atoms with Crippen LogP contribution in [0.25, 0.3) is 0 Å². The van der Waals surface area contributed by atoms with E-state index in [4.69, 9.17) is 5.26 Å². The highest BCUT2D eigenvalue weighted by atomic mass is 16.5. The monoisotopic (exact) mass is 115 g/mol. The van der Waals surface area contributed by atoms with E-state index in [2.05, 4.69) is 4.74 Å². The van der Waals surface area contributed by atoms with Crippen molar-refractivity contribution in [2.45, 2.75) is 13.8 Å².